The number of hydrogen-bond donors (Lipinski definition) is 1. The highest BCUT2D eigenvalue weighted by Gasteiger charge is 2.33. The molecule has 0 spiro atoms. The number of amides is 1. The van der Waals surface area contributed by atoms with Crippen molar-refractivity contribution in [2.24, 2.45) is 0 Å². The molecule has 0 saturated heterocycles. The van der Waals surface area contributed by atoms with Crippen LogP contribution in [0.3, 0.4) is 0 Å². The van der Waals surface area contributed by atoms with E-state index in [0.717, 1.165) is 38.4 Å². The Balaban J connectivity index is 1.95. The van der Waals surface area contributed by atoms with Crippen molar-refractivity contribution < 1.29 is 18.0 Å². The molecule has 1 aromatic heterocycles. The van der Waals surface area contributed by atoms with Crippen LogP contribution in [0, 0.1) is 20.8 Å². The number of nitrogens with zero attached hydrogens (tertiary/aromatic N) is 1. The number of halogens is 4. The number of carbonyl (C=O) groups is 1. The van der Waals surface area contributed by atoms with Crippen LogP contribution < -0.4 is 0 Å². The van der Waals surface area contributed by atoms with Crippen molar-refractivity contribution in [2.45, 2.75) is 40.0 Å². The smallest absolute Gasteiger partial charge is 0.347 e. The van der Waals surface area contributed by atoms with Crippen molar-refractivity contribution >= 4 is 21.8 Å². The Morgan fingerprint density at radius 1 is 0.967 bits per heavy atom. The van der Waals surface area contributed by atoms with Crippen LogP contribution in [0.15, 0.2) is 53.0 Å². The first-order chi connectivity index (χ1) is 14.0. The van der Waals surface area contributed by atoms with Gasteiger partial charge >= 0.3 is 6.18 Å². The minimum Gasteiger partial charge on any atom is -0.347 e. The number of hydrogen-bond acceptors (Lipinski definition) is 1. The zero-order valence-corrected chi connectivity index (χ0v) is 18.5. The van der Waals surface area contributed by atoms with Crippen molar-refractivity contribution in [3.63, 3.8) is 0 Å². The Labute approximate surface area is 182 Å². The molecule has 1 heterocycles. The van der Waals surface area contributed by atoms with Gasteiger partial charge in [0.1, 0.15) is 11.4 Å². The van der Waals surface area contributed by atoms with Crippen molar-refractivity contribution in [3.8, 4) is 0 Å². The lowest BCUT2D eigenvalue weighted by Crippen LogP contribution is -2.31. The van der Waals surface area contributed by atoms with E-state index in [1.807, 2.05) is 57.2 Å². The minimum absolute atomic E-state index is 0.0816. The quantitative estimate of drug-likeness (QED) is 0.442. The zero-order valence-electron chi connectivity index (χ0n) is 16.9. The minimum atomic E-state index is -4.53. The van der Waals surface area contributed by atoms with E-state index in [-0.39, 0.29) is 12.2 Å². The van der Waals surface area contributed by atoms with Crippen LogP contribution in [0.25, 0.3) is 0 Å². The number of aromatic amines is 1. The van der Waals surface area contributed by atoms with Crippen LogP contribution in [0.2, 0.25) is 0 Å². The molecule has 0 unspecified atom stereocenters. The lowest BCUT2D eigenvalue weighted by atomic mass is 9.99. The number of aromatic nitrogens is 1. The third kappa shape index (κ3) is 5.14. The van der Waals surface area contributed by atoms with Gasteiger partial charge in [-0.3, -0.25) is 4.79 Å². The lowest BCUT2D eigenvalue weighted by Gasteiger charge is -2.25. The second-order valence-corrected chi connectivity index (χ2v) is 8.36. The summed E-state index contributed by atoms with van der Waals surface area (Å²) in [5.74, 6) is -0.479. The molecule has 0 bridgehead atoms. The van der Waals surface area contributed by atoms with Crippen LogP contribution in [-0.4, -0.2) is 15.8 Å². The maximum Gasteiger partial charge on any atom is 0.431 e. The first-order valence-corrected chi connectivity index (χ1v) is 10.2. The molecular weight excluding hydrogens is 457 g/mol. The number of aryl methyl sites for hydroxylation is 3. The van der Waals surface area contributed by atoms with Crippen LogP contribution >= 0.6 is 15.9 Å². The molecule has 2 aromatic carbocycles. The fourth-order valence-corrected chi connectivity index (χ4v) is 3.78. The predicted octanol–water partition coefficient (Wildman–Crippen LogP) is 6.56. The number of benzene rings is 2. The van der Waals surface area contributed by atoms with Gasteiger partial charge in [0, 0.05) is 17.6 Å². The van der Waals surface area contributed by atoms with Crippen LogP contribution in [0.5, 0.6) is 0 Å². The van der Waals surface area contributed by atoms with Gasteiger partial charge in [-0.1, -0.05) is 45.8 Å². The summed E-state index contributed by atoms with van der Waals surface area (Å²) in [6, 6.07) is 13.7. The van der Waals surface area contributed by atoms with E-state index in [0.29, 0.717) is 6.54 Å². The molecule has 30 heavy (non-hydrogen) atoms. The van der Waals surface area contributed by atoms with Gasteiger partial charge in [-0.2, -0.15) is 13.2 Å². The summed E-state index contributed by atoms with van der Waals surface area (Å²) in [6.07, 6.45) is -4.53. The van der Waals surface area contributed by atoms with Gasteiger partial charge in [0.2, 0.25) is 0 Å². The summed E-state index contributed by atoms with van der Waals surface area (Å²) in [4.78, 5) is 17.0. The van der Waals surface area contributed by atoms with Crippen LogP contribution in [0.1, 0.15) is 44.0 Å². The average Bonchev–Trinajstić information content (AvgIpc) is 3.15. The highest BCUT2D eigenvalue weighted by molar-refractivity contribution is 9.10. The summed E-state index contributed by atoms with van der Waals surface area (Å²) in [6.45, 7) is 6.54. The van der Waals surface area contributed by atoms with Crippen molar-refractivity contribution in [2.75, 3.05) is 0 Å². The number of alkyl halides is 3. The van der Waals surface area contributed by atoms with Crippen molar-refractivity contribution in [1.82, 2.24) is 9.88 Å². The summed E-state index contributed by atoms with van der Waals surface area (Å²) in [7, 11) is 0. The molecule has 3 rings (SSSR count). The largest absolute Gasteiger partial charge is 0.431 e. The van der Waals surface area contributed by atoms with Gasteiger partial charge in [-0.15, -0.1) is 0 Å². The van der Waals surface area contributed by atoms with E-state index in [4.69, 9.17) is 0 Å². The fourth-order valence-electron chi connectivity index (χ4n) is 3.52. The molecule has 3 nitrogen and oxygen atoms in total. The third-order valence-electron chi connectivity index (χ3n) is 4.99. The third-order valence-corrected chi connectivity index (χ3v) is 5.51. The Bertz CT molecular complexity index is 1030. The summed E-state index contributed by atoms with van der Waals surface area (Å²) < 4.78 is 39.9. The van der Waals surface area contributed by atoms with E-state index in [9.17, 15) is 18.0 Å². The van der Waals surface area contributed by atoms with Gasteiger partial charge in [0.05, 0.1) is 0 Å². The Kier molecular flexibility index (Phi) is 6.41. The zero-order chi connectivity index (χ0) is 22.1. The first-order valence-electron chi connectivity index (χ1n) is 9.41. The van der Waals surface area contributed by atoms with Gasteiger partial charge in [-0.05, 0) is 67.3 Å². The van der Waals surface area contributed by atoms with E-state index in [2.05, 4.69) is 20.9 Å². The molecule has 0 aliphatic carbocycles. The average molecular weight is 479 g/mol. The predicted molar refractivity (Wildman–Crippen MR) is 114 cm³/mol. The highest BCUT2D eigenvalue weighted by Crippen LogP contribution is 2.29. The Morgan fingerprint density at radius 2 is 1.57 bits per heavy atom. The maximum atomic E-state index is 13.2. The molecule has 0 aliphatic heterocycles. The number of rotatable bonds is 5. The molecule has 7 heteroatoms. The normalized spacial score (nSPS) is 11.6. The lowest BCUT2D eigenvalue weighted by molar-refractivity contribution is -0.140. The van der Waals surface area contributed by atoms with E-state index in [1.54, 1.807) is 4.90 Å². The van der Waals surface area contributed by atoms with E-state index in [1.165, 1.54) is 6.07 Å². The summed E-state index contributed by atoms with van der Waals surface area (Å²) >= 11 is 3.39. The first kappa shape index (κ1) is 22.2. The Hall–Kier alpha value is -2.54. The standard InChI is InChI=1S/C23H22BrF3N2O/c1-14-10-15(2)19(16(3)11-14)13-29(12-17-4-6-18(24)7-5-17)22(30)20-8-9-21(28-20)23(25,26)27/h4-11,28H,12-13H2,1-3H3. The van der Waals surface area contributed by atoms with Crippen LogP contribution in [0.4, 0.5) is 13.2 Å². The second-order valence-electron chi connectivity index (χ2n) is 7.45. The van der Waals surface area contributed by atoms with Crippen molar-refractivity contribution in [1.29, 1.82) is 0 Å². The maximum absolute atomic E-state index is 13.2. The number of H-pyrrole nitrogens is 1. The topological polar surface area (TPSA) is 36.1 Å². The summed E-state index contributed by atoms with van der Waals surface area (Å²) in [5, 5.41) is 0. The van der Waals surface area contributed by atoms with Crippen LogP contribution in [-0.2, 0) is 19.3 Å². The van der Waals surface area contributed by atoms with Gasteiger partial charge in [0.15, 0.2) is 0 Å². The molecule has 0 radical (unpaired) electrons. The van der Waals surface area contributed by atoms with E-state index >= 15 is 0 Å². The summed E-state index contributed by atoms with van der Waals surface area (Å²) in [5.41, 5.74) is 4.08. The molecule has 0 fully saturated rings. The number of carbonyl (C=O) groups excluding carboxylic acids is 1. The van der Waals surface area contributed by atoms with E-state index < -0.39 is 17.8 Å². The van der Waals surface area contributed by atoms with Crippen molar-refractivity contribution in [3.05, 3.63) is 92.2 Å². The van der Waals surface area contributed by atoms with Gasteiger partial charge in [-0.25, -0.2) is 0 Å². The van der Waals surface area contributed by atoms with Gasteiger partial charge in [0.25, 0.3) is 5.91 Å². The molecule has 0 saturated carbocycles. The highest BCUT2D eigenvalue weighted by atomic mass is 79.9. The molecule has 1 amide bonds. The monoisotopic (exact) mass is 478 g/mol. The SMILES string of the molecule is Cc1cc(C)c(CN(Cc2ccc(Br)cc2)C(=O)c2ccc(C(F)(F)F)[nH]2)c(C)c1. The number of nitrogens with one attached hydrogen (secondary N) is 1. The molecule has 3 aromatic rings. The molecule has 1 N–H and O–H groups in total. The Morgan fingerprint density at radius 3 is 2.10 bits per heavy atom. The molecule has 158 valence electrons. The molecule has 0 aliphatic rings. The fraction of sp³-hybridized carbons (Fsp3) is 0.261. The molecular formula is C23H22BrF3N2O. The molecule has 0 atom stereocenters. The second kappa shape index (κ2) is 8.68. The van der Waals surface area contributed by atoms with Gasteiger partial charge < -0.3 is 9.88 Å².